The molecule has 1 fully saturated rings. The van der Waals surface area contributed by atoms with E-state index < -0.39 is 6.17 Å². The molecule has 2 amide bonds. The molecule has 13 heteroatoms. The van der Waals surface area contributed by atoms with Gasteiger partial charge in [0.25, 0.3) is 5.91 Å². The van der Waals surface area contributed by atoms with Gasteiger partial charge in [0.15, 0.2) is 11.5 Å². The molecular formula is C25H31FN8O4. The van der Waals surface area contributed by atoms with Gasteiger partial charge < -0.3 is 20.1 Å². The van der Waals surface area contributed by atoms with Crippen LogP contribution < -0.4 is 15.4 Å². The number of ether oxygens (including phenoxy) is 2. The number of anilines is 1. The lowest BCUT2D eigenvalue weighted by molar-refractivity contribution is -0.115. The number of aryl methyl sites for hydroxylation is 1. The van der Waals surface area contributed by atoms with Crippen molar-refractivity contribution in [3.63, 3.8) is 0 Å². The van der Waals surface area contributed by atoms with Crippen molar-refractivity contribution >= 4 is 17.6 Å². The lowest BCUT2D eigenvalue weighted by atomic mass is 9.92. The van der Waals surface area contributed by atoms with Crippen molar-refractivity contribution in [1.29, 1.82) is 0 Å². The fourth-order valence-corrected chi connectivity index (χ4v) is 3.93. The van der Waals surface area contributed by atoms with Gasteiger partial charge in [-0.2, -0.15) is 5.10 Å². The number of nitrogens with zero attached hydrogens (tertiary/aromatic N) is 6. The van der Waals surface area contributed by atoms with Gasteiger partial charge in [-0.3, -0.25) is 14.6 Å². The Morgan fingerprint density at radius 1 is 1.16 bits per heavy atom. The molecular weight excluding hydrogens is 495 g/mol. The monoisotopic (exact) mass is 526 g/mol. The Bertz CT molecular complexity index is 1220. The van der Waals surface area contributed by atoms with E-state index in [4.69, 9.17) is 9.47 Å². The highest BCUT2D eigenvalue weighted by Gasteiger charge is 2.31. The quantitative estimate of drug-likeness (QED) is 0.341. The van der Waals surface area contributed by atoms with Crippen molar-refractivity contribution in [2.45, 2.75) is 64.0 Å². The van der Waals surface area contributed by atoms with Crippen molar-refractivity contribution in [2.75, 3.05) is 19.0 Å². The molecule has 1 aliphatic carbocycles. The summed E-state index contributed by atoms with van der Waals surface area (Å²) in [4.78, 5) is 28.2. The molecule has 3 aromatic rings. The zero-order valence-corrected chi connectivity index (χ0v) is 21.3. The normalized spacial score (nSPS) is 17.3. The molecule has 2 N–H and O–H groups in total. The maximum Gasteiger partial charge on any atom is 0.273 e. The summed E-state index contributed by atoms with van der Waals surface area (Å²) in [5.41, 5.74) is 1.29. The van der Waals surface area contributed by atoms with E-state index >= 15 is 0 Å². The fourth-order valence-electron chi connectivity index (χ4n) is 3.93. The van der Waals surface area contributed by atoms with Crippen LogP contribution in [-0.2, 0) is 28.9 Å². The van der Waals surface area contributed by atoms with Gasteiger partial charge in [0.05, 0.1) is 36.7 Å². The second-order valence-corrected chi connectivity index (χ2v) is 8.95. The summed E-state index contributed by atoms with van der Waals surface area (Å²) < 4.78 is 27.2. The summed E-state index contributed by atoms with van der Waals surface area (Å²) in [6, 6.07) is 6.85. The number of nitrogens with one attached hydrogen (secondary N) is 2. The molecule has 0 aromatic carbocycles. The van der Waals surface area contributed by atoms with Gasteiger partial charge in [0, 0.05) is 38.8 Å². The molecule has 0 unspecified atom stereocenters. The Balaban J connectivity index is 1.19. The predicted molar refractivity (Wildman–Crippen MR) is 134 cm³/mol. The molecule has 3 aromatic heterocycles. The van der Waals surface area contributed by atoms with Crippen molar-refractivity contribution in [3.8, 4) is 5.75 Å². The lowest BCUT2D eigenvalue weighted by Gasteiger charge is -2.34. The maximum absolute atomic E-state index is 14.4. The molecule has 1 aliphatic rings. The van der Waals surface area contributed by atoms with Gasteiger partial charge in [-0.15, -0.1) is 10.2 Å². The van der Waals surface area contributed by atoms with E-state index in [-0.39, 0.29) is 49.1 Å². The van der Waals surface area contributed by atoms with Gasteiger partial charge in [-0.05, 0) is 38.0 Å². The third kappa shape index (κ3) is 7.75. The van der Waals surface area contributed by atoms with Gasteiger partial charge in [0.1, 0.15) is 18.0 Å². The number of carbonyl (C=O) groups is 2. The molecule has 0 radical (unpaired) electrons. The van der Waals surface area contributed by atoms with E-state index in [2.05, 4.69) is 36.1 Å². The molecule has 4 rings (SSSR count). The number of rotatable bonds is 13. The Kier molecular flexibility index (Phi) is 9.25. The average Bonchev–Trinajstić information content (AvgIpc) is 3.35. The minimum Gasteiger partial charge on any atom is -0.490 e. The minimum atomic E-state index is -1.21. The van der Waals surface area contributed by atoms with Crippen LogP contribution in [0.4, 0.5) is 10.2 Å². The largest absolute Gasteiger partial charge is 0.490 e. The maximum atomic E-state index is 14.4. The number of alkyl halides is 1. The zero-order chi connectivity index (χ0) is 26.9. The first-order valence-electron chi connectivity index (χ1n) is 12.5. The first kappa shape index (κ1) is 27.0. The van der Waals surface area contributed by atoms with Gasteiger partial charge in [-0.25, -0.2) is 9.07 Å². The topological polar surface area (TPSA) is 146 Å². The van der Waals surface area contributed by atoms with Crippen molar-refractivity contribution in [2.24, 2.45) is 0 Å². The first-order chi connectivity index (χ1) is 18.4. The lowest BCUT2D eigenvalue weighted by Crippen LogP contribution is -2.39. The number of hydrogen-bond donors (Lipinski definition) is 2. The summed E-state index contributed by atoms with van der Waals surface area (Å²) in [6.07, 6.45) is 4.48. The highest BCUT2D eigenvalue weighted by molar-refractivity contribution is 5.91. The van der Waals surface area contributed by atoms with E-state index in [0.29, 0.717) is 36.0 Å². The molecule has 3 heterocycles. The second kappa shape index (κ2) is 13.0. The van der Waals surface area contributed by atoms with Crippen molar-refractivity contribution in [3.05, 3.63) is 53.7 Å². The minimum absolute atomic E-state index is 0.0275. The zero-order valence-electron chi connectivity index (χ0n) is 21.3. The molecule has 0 saturated heterocycles. The number of carbonyl (C=O) groups excluding carboxylic acids is 2. The molecule has 38 heavy (non-hydrogen) atoms. The molecule has 0 aliphatic heterocycles. The second-order valence-electron chi connectivity index (χ2n) is 8.95. The van der Waals surface area contributed by atoms with Crippen LogP contribution in [0.25, 0.3) is 0 Å². The van der Waals surface area contributed by atoms with Crippen LogP contribution in [0.15, 0.2) is 36.7 Å². The molecule has 0 spiro atoms. The molecule has 12 nitrogen and oxygen atoms in total. The summed E-state index contributed by atoms with van der Waals surface area (Å²) in [5.74, 6) is 0.301. The number of halogens is 1. The predicted octanol–water partition coefficient (Wildman–Crippen LogP) is 1.92. The third-order valence-corrected chi connectivity index (χ3v) is 5.97. The first-order valence-corrected chi connectivity index (χ1v) is 12.5. The van der Waals surface area contributed by atoms with E-state index in [1.54, 1.807) is 30.5 Å². The Labute approximate surface area is 219 Å². The fraction of sp³-hybridized carbons (Fsp3) is 0.480. The highest BCUT2D eigenvalue weighted by Crippen LogP contribution is 2.28. The molecule has 202 valence electrons. The van der Waals surface area contributed by atoms with E-state index in [9.17, 15) is 14.0 Å². The SMILES string of the molecule is CCOC1CC(Oc2ccnc(CC(=O)Nc3ccc(CC[C@@H](F)Cn4cc(C(=O)NC)nn4)nn3)c2)C1. The van der Waals surface area contributed by atoms with Crippen molar-refractivity contribution < 1.29 is 23.5 Å². The number of hydrogen-bond acceptors (Lipinski definition) is 9. The molecule has 1 saturated carbocycles. The summed E-state index contributed by atoms with van der Waals surface area (Å²) in [7, 11) is 1.48. The molecule has 1 atom stereocenters. The van der Waals surface area contributed by atoms with E-state index in [0.717, 1.165) is 12.8 Å². The Hall–Kier alpha value is -4.00. The van der Waals surface area contributed by atoms with Crippen LogP contribution in [-0.4, -0.2) is 74.0 Å². The Morgan fingerprint density at radius 2 is 2.00 bits per heavy atom. The van der Waals surface area contributed by atoms with Crippen LogP contribution in [0.5, 0.6) is 5.75 Å². The van der Waals surface area contributed by atoms with Gasteiger partial charge in [-0.1, -0.05) is 5.21 Å². The third-order valence-electron chi connectivity index (χ3n) is 5.97. The average molecular weight is 527 g/mol. The van der Waals surface area contributed by atoms with Gasteiger partial charge >= 0.3 is 0 Å². The number of amides is 2. The highest BCUT2D eigenvalue weighted by atomic mass is 19.1. The standard InChI is InChI=1S/C25H31FN8O4/c1-3-37-20-12-21(13-20)38-19-8-9-28-18(10-19)11-24(35)29-23-7-6-17(30-32-23)5-4-16(26)14-34-15-22(31-33-34)25(36)27-2/h6-10,15-16,20-21H,3-5,11-14H2,1-2H3,(H,27,36)(H,29,32,35)/t16-,20?,21?/m1/s1. The van der Waals surface area contributed by atoms with Crippen LogP contribution >= 0.6 is 0 Å². The van der Waals surface area contributed by atoms with Gasteiger partial charge in [0.2, 0.25) is 5.91 Å². The molecule has 0 bridgehead atoms. The van der Waals surface area contributed by atoms with Crippen LogP contribution in [0.3, 0.4) is 0 Å². The summed E-state index contributed by atoms with van der Waals surface area (Å²) in [5, 5.41) is 20.7. The van der Waals surface area contributed by atoms with E-state index in [1.807, 2.05) is 6.92 Å². The summed E-state index contributed by atoms with van der Waals surface area (Å²) >= 11 is 0. The van der Waals surface area contributed by atoms with Crippen LogP contribution in [0.1, 0.15) is 48.1 Å². The van der Waals surface area contributed by atoms with Crippen LogP contribution in [0.2, 0.25) is 0 Å². The summed E-state index contributed by atoms with van der Waals surface area (Å²) in [6.45, 7) is 2.65. The Morgan fingerprint density at radius 3 is 2.74 bits per heavy atom. The number of pyridine rings is 1. The smallest absolute Gasteiger partial charge is 0.273 e. The van der Waals surface area contributed by atoms with Crippen molar-refractivity contribution in [1.82, 2.24) is 35.5 Å². The van der Waals surface area contributed by atoms with Crippen LogP contribution in [0, 0.1) is 0 Å². The number of aromatic nitrogens is 6. The van der Waals surface area contributed by atoms with E-state index in [1.165, 1.54) is 17.9 Å².